The van der Waals surface area contributed by atoms with Gasteiger partial charge in [0, 0.05) is 0 Å². The Labute approximate surface area is 157 Å². The third kappa shape index (κ3) is 4.53. The number of para-hydroxylation sites is 1. The molecule has 0 aliphatic rings. The van der Waals surface area contributed by atoms with Crippen LogP contribution >= 0.6 is 0 Å². The molecule has 0 radical (unpaired) electrons. The van der Waals surface area contributed by atoms with E-state index < -0.39 is 0 Å². The molecule has 3 aromatic rings. The maximum Gasteiger partial charge on any atom is 0.261 e. The van der Waals surface area contributed by atoms with E-state index in [2.05, 4.69) is 10.3 Å². The van der Waals surface area contributed by atoms with Crippen molar-refractivity contribution in [2.24, 2.45) is 0 Å². The van der Waals surface area contributed by atoms with Crippen LogP contribution in [0.4, 0.5) is 0 Å². The van der Waals surface area contributed by atoms with Crippen LogP contribution in [-0.4, -0.2) is 21.6 Å². The Bertz CT molecular complexity index is 1010. The number of aromatic nitrogens is 2. The molecule has 0 saturated carbocycles. The molecule has 1 amide bonds. The zero-order chi connectivity index (χ0) is 19.4. The highest BCUT2D eigenvalue weighted by molar-refractivity contribution is 5.79. The highest BCUT2D eigenvalue weighted by Gasteiger charge is 2.13. The van der Waals surface area contributed by atoms with Crippen molar-refractivity contribution in [1.82, 2.24) is 14.9 Å². The Kier molecular flexibility index (Phi) is 5.54. The fraction of sp³-hybridized carbons (Fsp3) is 0.286. The Hall–Kier alpha value is -3.15. The summed E-state index contributed by atoms with van der Waals surface area (Å²) in [6, 6.07) is 14.5. The van der Waals surface area contributed by atoms with Gasteiger partial charge in [0.25, 0.3) is 5.56 Å². The molecule has 0 spiro atoms. The summed E-state index contributed by atoms with van der Waals surface area (Å²) in [5.41, 5.74) is 1.33. The third-order valence-corrected chi connectivity index (χ3v) is 4.15. The minimum atomic E-state index is -0.253. The van der Waals surface area contributed by atoms with Crippen LogP contribution < -0.4 is 15.6 Å². The summed E-state index contributed by atoms with van der Waals surface area (Å²) in [5, 5.41) is 3.42. The average Bonchev–Trinajstić information content (AvgIpc) is 2.64. The number of nitrogens with one attached hydrogen (secondary N) is 1. The molecule has 3 rings (SSSR count). The van der Waals surface area contributed by atoms with Gasteiger partial charge in [-0.3, -0.25) is 14.2 Å². The molecule has 0 bridgehead atoms. The van der Waals surface area contributed by atoms with E-state index in [9.17, 15) is 9.59 Å². The smallest absolute Gasteiger partial charge is 0.261 e. The first kappa shape index (κ1) is 18.6. The third-order valence-electron chi connectivity index (χ3n) is 4.15. The van der Waals surface area contributed by atoms with Crippen molar-refractivity contribution in [2.45, 2.75) is 39.5 Å². The van der Waals surface area contributed by atoms with Crippen LogP contribution in [0.5, 0.6) is 5.75 Å². The molecule has 0 aliphatic heterocycles. The first-order chi connectivity index (χ1) is 12.9. The maximum absolute atomic E-state index is 12.5. The van der Waals surface area contributed by atoms with Crippen molar-refractivity contribution in [1.29, 1.82) is 0 Å². The van der Waals surface area contributed by atoms with Gasteiger partial charge in [0.05, 0.1) is 29.4 Å². The molecule has 6 heteroatoms. The van der Waals surface area contributed by atoms with Gasteiger partial charge in [-0.1, -0.05) is 24.3 Å². The number of hydrogen-bond donors (Lipinski definition) is 1. The Morgan fingerprint density at radius 1 is 1.15 bits per heavy atom. The molecule has 140 valence electrons. The van der Waals surface area contributed by atoms with Gasteiger partial charge in [-0.15, -0.1) is 0 Å². The summed E-state index contributed by atoms with van der Waals surface area (Å²) >= 11 is 0. The largest absolute Gasteiger partial charge is 0.491 e. The molecule has 1 heterocycles. The molecule has 1 unspecified atom stereocenters. The predicted molar refractivity (Wildman–Crippen MR) is 105 cm³/mol. The van der Waals surface area contributed by atoms with Gasteiger partial charge in [0.1, 0.15) is 12.3 Å². The second-order valence-electron chi connectivity index (χ2n) is 6.72. The zero-order valence-electron chi connectivity index (χ0n) is 15.7. The number of fused-ring (bicyclic) bond motifs is 1. The average molecular weight is 365 g/mol. The second-order valence-corrected chi connectivity index (χ2v) is 6.72. The molecule has 2 aromatic carbocycles. The lowest BCUT2D eigenvalue weighted by Crippen LogP contribution is -2.34. The molecular weight excluding hydrogens is 342 g/mol. The first-order valence-electron chi connectivity index (χ1n) is 8.94. The summed E-state index contributed by atoms with van der Waals surface area (Å²) in [5.74, 6) is 0.510. The fourth-order valence-corrected chi connectivity index (χ4v) is 2.87. The summed E-state index contributed by atoms with van der Waals surface area (Å²) in [6.45, 7) is 5.75. The Morgan fingerprint density at radius 2 is 1.93 bits per heavy atom. The van der Waals surface area contributed by atoms with Gasteiger partial charge in [0.2, 0.25) is 5.91 Å². The predicted octanol–water partition coefficient (Wildman–Crippen LogP) is 3.06. The van der Waals surface area contributed by atoms with Gasteiger partial charge < -0.3 is 10.1 Å². The summed E-state index contributed by atoms with van der Waals surface area (Å²) in [6.07, 6.45) is 1.49. The van der Waals surface area contributed by atoms with Crippen LogP contribution in [0.2, 0.25) is 0 Å². The van der Waals surface area contributed by atoms with Crippen LogP contribution in [0.25, 0.3) is 10.9 Å². The highest BCUT2D eigenvalue weighted by Crippen LogP contribution is 2.20. The topological polar surface area (TPSA) is 73.2 Å². The summed E-state index contributed by atoms with van der Waals surface area (Å²) < 4.78 is 7.02. The van der Waals surface area contributed by atoms with Gasteiger partial charge in [-0.25, -0.2) is 4.98 Å². The number of amides is 1. The highest BCUT2D eigenvalue weighted by atomic mass is 16.5. The lowest BCUT2D eigenvalue weighted by atomic mass is 10.1. The van der Waals surface area contributed by atoms with Crippen molar-refractivity contribution >= 4 is 16.8 Å². The molecule has 0 aliphatic carbocycles. The number of carbonyl (C=O) groups excluding carboxylic acids is 1. The summed E-state index contributed by atoms with van der Waals surface area (Å²) in [7, 11) is 0. The van der Waals surface area contributed by atoms with Crippen molar-refractivity contribution in [3.05, 3.63) is 70.8 Å². The minimum Gasteiger partial charge on any atom is -0.491 e. The van der Waals surface area contributed by atoms with Crippen LogP contribution in [-0.2, 0) is 11.3 Å². The van der Waals surface area contributed by atoms with Crippen LogP contribution in [0, 0.1) is 0 Å². The van der Waals surface area contributed by atoms with E-state index in [-0.39, 0.29) is 30.2 Å². The number of benzene rings is 2. The monoisotopic (exact) mass is 365 g/mol. The summed E-state index contributed by atoms with van der Waals surface area (Å²) in [4.78, 5) is 29.1. The maximum atomic E-state index is 12.5. The van der Waals surface area contributed by atoms with E-state index in [1.54, 1.807) is 18.2 Å². The van der Waals surface area contributed by atoms with Crippen molar-refractivity contribution < 1.29 is 9.53 Å². The second kappa shape index (κ2) is 8.03. The van der Waals surface area contributed by atoms with Crippen molar-refractivity contribution in [2.75, 3.05) is 0 Å². The van der Waals surface area contributed by atoms with E-state index in [1.165, 1.54) is 10.9 Å². The standard InChI is InChI=1S/C21H23N3O3/c1-14(2)27-17-8-6-7-16(11-17)15(3)23-20(25)12-24-13-22-19-10-5-4-9-18(19)21(24)26/h4-11,13-15H,12H2,1-3H3,(H,23,25). The molecule has 1 aromatic heterocycles. The number of ether oxygens (including phenoxy) is 1. The van der Waals surface area contributed by atoms with Gasteiger partial charge in [-0.05, 0) is 50.6 Å². The lowest BCUT2D eigenvalue weighted by Gasteiger charge is -2.17. The van der Waals surface area contributed by atoms with Crippen molar-refractivity contribution in [3.63, 3.8) is 0 Å². The number of carbonyl (C=O) groups is 1. The number of nitrogens with zero attached hydrogens (tertiary/aromatic N) is 2. The quantitative estimate of drug-likeness (QED) is 0.729. The lowest BCUT2D eigenvalue weighted by molar-refractivity contribution is -0.122. The van der Waals surface area contributed by atoms with Gasteiger partial charge in [0.15, 0.2) is 0 Å². The van der Waals surface area contributed by atoms with Crippen molar-refractivity contribution in [3.8, 4) is 5.75 Å². The SMILES string of the molecule is CC(C)Oc1cccc(C(C)NC(=O)Cn2cnc3ccccc3c2=O)c1. The van der Waals surface area contributed by atoms with E-state index in [1.807, 2.05) is 51.1 Å². The van der Waals surface area contributed by atoms with E-state index in [0.717, 1.165) is 11.3 Å². The Morgan fingerprint density at radius 3 is 2.70 bits per heavy atom. The first-order valence-corrected chi connectivity index (χ1v) is 8.94. The molecule has 0 fully saturated rings. The molecule has 1 N–H and O–H groups in total. The van der Waals surface area contributed by atoms with E-state index >= 15 is 0 Å². The van der Waals surface area contributed by atoms with Gasteiger partial charge >= 0.3 is 0 Å². The molecular formula is C21H23N3O3. The van der Waals surface area contributed by atoms with Crippen LogP contribution in [0.1, 0.15) is 32.4 Å². The molecule has 6 nitrogen and oxygen atoms in total. The minimum absolute atomic E-state index is 0.0802. The van der Waals surface area contributed by atoms with Gasteiger partial charge in [-0.2, -0.15) is 0 Å². The zero-order valence-corrected chi connectivity index (χ0v) is 15.7. The molecule has 27 heavy (non-hydrogen) atoms. The van der Waals surface area contributed by atoms with Crippen LogP contribution in [0.15, 0.2) is 59.7 Å². The van der Waals surface area contributed by atoms with Crippen LogP contribution in [0.3, 0.4) is 0 Å². The fourth-order valence-electron chi connectivity index (χ4n) is 2.87. The molecule has 0 saturated heterocycles. The number of hydrogen-bond acceptors (Lipinski definition) is 4. The molecule has 1 atom stereocenters. The Balaban J connectivity index is 1.71. The normalized spacial score (nSPS) is 12.1. The number of rotatable bonds is 6. The van der Waals surface area contributed by atoms with E-state index in [0.29, 0.717) is 10.9 Å². The van der Waals surface area contributed by atoms with E-state index in [4.69, 9.17) is 4.74 Å².